The summed E-state index contributed by atoms with van der Waals surface area (Å²) < 4.78 is 28.6. The fraction of sp³-hybridized carbons (Fsp3) is 0.0588. The number of nitrogens with one attached hydrogen (secondary N) is 1. The number of sulfonamides is 1. The molecule has 1 aliphatic heterocycles. The first-order valence-electron chi connectivity index (χ1n) is 6.99. The minimum Gasteiger partial charge on any atom is -0.280 e. The Hall–Kier alpha value is -2.25. The first-order valence-corrected chi connectivity index (χ1v) is 9.27. The monoisotopic (exact) mass is 404 g/mol. The van der Waals surface area contributed by atoms with Crippen LogP contribution in [-0.2, 0) is 14.8 Å². The molecule has 0 aliphatic carbocycles. The molecule has 0 saturated carbocycles. The van der Waals surface area contributed by atoms with Gasteiger partial charge in [0.15, 0.2) is 0 Å². The summed E-state index contributed by atoms with van der Waals surface area (Å²) in [7, 11) is -3.78. The third-order valence-corrected chi connectivity index (χ3v) is 5.45. The SMILES string of the molecule is C=c1cc(S(=O)(=O)Nc2ccc(Br)cc2)cc2c1=NC(=O)C=C2C. The number of anilines is 1. The summed E-state index contributed by atoms with van der Waals surface area (Å²) in [5, 5.41) is 0.812. The van der Waals surface area contributed by atoms with E-state index in [9.17, 15) is 13.2 Å². The first kappa shape index (κ1) is 16.6. The Balaban J connectivity index is 2.09. The van der Waals surface area contributed by atoms with Gasteiger partial charge in [-0.1, -0.05) is 22.5 Å². The van der Waals surface area contributed by atoms with Crippen LogP contribution in [0.15, 0.2) is 56.8 Å². The highest BCUT2D eigenvalue weighted by atomic mass is 79.9. The molecule has 24 heavy (non-hydrogen) atoms. The summed E-state index contributed by atoms with van der Waals surface area (Å²) in [6, 6.07) is 9.72. The number of carbonyl (C=O) groups is 1. The number of nitrogens with zero attached hydrogens (tertiary/aromatic N) is 1. The zero-order chi connectivity index (χ0) is 17.5. The van der Waals surface area contributed by atoms with E-state index in [4.69, 9.17) is 0 Å². The van der Waals surface area contributed by atoms with Crippen molar-refractivity contribution in [3.05, 3.63) is 63.1 Å². The lowest BCUT2D eigenvalue weighted by molar-refractivity contribution is -0.113. The van der Waals surface area contributed by atoms with Crippen LogP contribution >= 0.6 is 15.9 Å². The second kappa shape index (κ2) is 5.99. The molecule has 0 aromatic heterocycles. The van der Waals surface area contributed by atoms with E-state index < -0.39 is 10.0 Å². The number of carbonyl (C=O) groups excluding carboxylic acids is 1. The van der Waals surface area contributed by atoms with Gasteiger partial charge in [0.2, 0.25) is 0 Å². The molecule has 0 atom stereocenters. The van der Waals surface area contributed by atoms with Crippen LogP contribution in [0.1, 0.15) is 12.5 Å². The molecule has 0 bridgehead atoms. The van der Waals surface area contributed by atoms with Gasteiger partial charge in [-0.15, -0.1) is 0 Å². The van der Waals surface area contributed by atoms with Crippen molar-refractivity contribution in [2.24, 2.45) is 4.99 Å². The molecule has 7 heteroatoms. The maximum Gasteiger partial charge on any atom is 0.270 e. The van der Waals surface area contributed by atoms with E-state index in [0.29, 0.717) is 27.4 Å². The second-order valence-electron chi connectivity index (χ2n) is 5.37. The van der Waals surface area contributed by atoms with Gasteiger partial charge in [0.05, 0.1) is 10.3 Å². The largest absolute Gasteiger partial charge is 0.280 e. The Kier molecular flexibility index (Phi) is 4.15. The number of rotatable bonds is 3. The van der Waals surface area contributed by atoms with Crippen LogP contribution in [0, 0.1) is 0 Å². The number of amides is 1. The minimum absolute atomic E-state index is 0.0754. The zero-order valence-electron chi connectivity index (χ0n) is 12.7. The highest BCUT2D eigenvalue weighted by Crippen LogP contribution is 2.20. The van der Waals surface area contributed by atoms with E-state index >= 15 is 0 Å². The topological polar surface area (TPSA) is 75.6 Å². The van der Waals surface area contributed by atoms with E-state index in [-0.39, 0.29) is 10.8 Å². The molecule has 0 spiro atoms. The summed E-state index contributed by atoms with van der Waals surface area (Å²) in [6.45, 7) is 5.56. The van der Waals surface area contributed by atoms with Gasteiger partial charge in [0, 0.05) is 21.8 Å². The molecule has 1 heterocycles. The predicted molar refractivity (Wildman–Crippen MR) is 96.4 cm³/mol. The van der Waals surface area contributed by atoms with Crippen molar-refractivity contribution in [3.8, 4) is 0 Å². The van der Waals surface area contributed by atoms with Gasteiger partial charge >= 0.3 is 0 Å². The molecular formula is C17H13BrN2O3S. The summed E-state index contributed by atoms with van der Waals surface area (Å²) in [4.78, 5) is 15.5. The third kappa shape index (κ3) is 3.18. The molecule has 2 aromatic carbocycles. The van der Waals surface area contributed by atoms with Crippen molar-refractivity contribution in [3.63, 3.8) is 0 Å². The molecule has 1 aliphatic rings. The number of hydrogen-bond acceptors (Lipinski definition) is 3. The van der Waals surface area contributed by atoms with Crippen molar-refractivity contribution in [1.29, 1.82) is 0 Å². The van der Waals surface area contributed by atoms with E-state index in [1.807, 2.05) is 0 Å². The molecule has 3 rings (SSSR count). The normalized spacial score (nSPS) is 13.8. The minimum atomic E-state index is -3.78. The zero-order valence-corrected chi connectivity index (χ0v) is 15.1. The molecule has 1 N–H and O–H groups in total. The average Bonchev–Trinajstić information content (AvgIpc) is 2.50. The van der Waals surface area contributed by atoms with Crippen molar-refractivity contribution in [1.82, 2.24) is 0 Å². The van der Waals surface area contributed by atoms with Gasteiger partial charge in [-0.25, -0.2) is 13.4 Å². The third-order valence-electron chi connectivity index (χ3n) is 3.56. The van der Waals surface area contributed by atoms with Crippen molar-refractivity contribution in [2.45, 2.75) is 11.8 Å². The molecule has 2 aromatic rings. The number of hydrogen-bond donors (Lipinski definition) is 1. The van der Waals surface area contributed by atoms with Gasteiger partial charge < -0.3 is 0 Å². The van der Waals surface area contributed by atoms with Crippen LogP contribution < -0.4 is 15.3 Å². The molecule has 0 saturated heterocycles. The molecular weight excluding hydrogens is 392 g/mol. The lowest BCUT2D eigenvalue weighted by atomic mass is 10.0. The molecule has 122 valence electrons. The van der Waals surface area contributed by atoms with Crippen LogP contribution in [-0.4, -0.2) is 14.3 Å². The van der Waals surface area contributed by atoms with Crippen LogP contribution in [0.4, 0.5) is 5.69 Å². The van der Waals surface area contributed by atoms with Crippen LogP contribution in [0.5, 0.6) is 0 Å². The predicted octanol–water partition coefficient (Wildman–Crippen LogP) is 2.22. The van der Waals surface area contributed by atoms with Crippen molar-refractivity contribution >= 4 is 49.7 Å². The Labute approximate surface area is 147 Å². The summed E-state index contributed by atoms with van der Waals surface area (Å²) in [5.74, 6) is -0.367. The quantitative estimate of drug-likeness (QED) is 0.851. The van der Waals surface area contributed by atoms with E-state index in [1.54, 1.807) is 31.2 Å². The number of halogens is 1. The summed E-state index contributed by atoms with van der Waals surface area (Å²) in [6.07, 6.45) is 1.38. The molecule has 0 radical (unpaired) electrons. The van der Waals surface area contributed by atoms with Gasteiger partial charge in [-0.3, -0.25) is 9.52 Å². The number of allylic oxidation sites excluding steroid dienone is 1. The van der Waals surface area contributed by atoms with Gasteiger partial charge in [0.25, 0.3) is 15.9 Å². The fourth-order valence-corrected chi connectivity index (χ4v) is 3.79. The molecule has 0 unspecified atom stereocenters. The van der Waals surface area contributed by atoms with Crippen LogP contribution in [0.2, 0.25) is 0 Å². The Morgan fingerprint density at radius 3 is 2.50 bits per heavy atom. The van der Waals surface area contributed by atoms with E-state index in [0.717, 1.165) is 4.47 Å². The van der Waals surface area contributed by atoms with Gasteiger partial charge in [0.1, 0.15) is 0 Å². The molecule has 5 nitrogen and oxygen atoms in total. The molecule has 1 amide bonds. The highest BCUT2D eigenvalue weighted by Gasteiger charge is 2.18. The summed E-state index contributed by atoms with van der Waals surface area (Å²) in [5.41, 5.74) is 1.71. The fourth-order valence-electron chi connectivity index (χ4n) is 2.39. The highest BCUT2D eigenvalue weighted by molar-refractivity contribution is 9.10. The van der Waals surface area contributed by atoms with Gasteiger partial charge in [-0.2, -0.15) is 0 Å². The number of benzene rings is 2. The standard InChI is InChI=1S/C17H13BrN2O3S/c1-10-8-16(21)19-17-11(2)7-14(9-15(10)17)24(22,23)20-13-5-3-12(18)4-6-13/h3-9,20H,2H2,1H3. The molecule has 0 fully saturated rings. The van der Waals surface area contributed by atoms with Crippen molar-refractivity contribution < 1.29 is 13.2 Å². The maximum atomic E-state index is 12.6. The van der Waals surface area contributed by atoms with Crippen LogP contribution in [0.3, 0.4) is 0 Å². The van der Waals surface area contributed by atoms with E-state index in [1.165, 1.54) is 18.2 Å². The Morgan fingerprint density at radius 2 is 1.83 bits per heavy atom. The average molecular weight is 405 g/mol. The smallest absolute Gasteiger partial charge is 0.270 e. The second-order valence-corrected chi connectivity index (χ2v) is 7.97. The lowest BCUT2D eigenvalue weighted by Gasteiger charge is -2.12. The Morgan fingerprint density at radius 1 is 1.17 bits per heavy atom. The lowest BCUT2D eigenvalue weighted by Crippen LogP contribution is -2.32. The summed E-state index contributed by atoms with van der Waals surface area (Å²) >= 11 is 3.30. The van der Waals surface area contributed by atoms with Crippen molar-refractivity contribution in [2.75, 3.05) is 4.72 Å². The van der Waals surface area contributed by atoms with Crippen LogP contribution in [0.25, 0.3) is 12.2 Å². The number of fused-ring (bicyclic) bond motifs is 1. The Bertz CT molecular complexity index is 1090. The van der Waals surface area contributed by atoms with Gasteiger partial charge in [-0.05, 0) is 54.1 Å². The van der Waals surface area contributed by atoms with E-state index in [2.05, 4.69) is 32.2 Å². The maximum absolute atomic E-state index is 12.6. The first-order chi connectivity index (χ1) is 11.3.